The van der Waals surface area contributed by atoms with Gasteiger partial charge < -0.3 is 9.73 Å². The predicted octanol–water partition coefficient (Wildman–Crippen LogP) is 3.74. The molecule has 4 heteroatoms. The van der Waals surface area contributed by atoms with Crippen molar-refractivity contribution in [1.29, 1.82) is 0 Å². The van der Waals surface area contributed by atoms with E-state index in [9.17, 15) is 4.79 Å². The van der Waals surface area contributed by atoms with Crippen LogP contribution in [0.1, 0.15) is 40.6 Å². The largest absolute Gasteiger partial charge is 0.469 e. The molecule has 0 bridgehead atoms. The number of amides is 1. The lowest BCUT2D eigenvalue weighted by Gasteiger charge is -2.22. The van der Waals surface area contributed by atoms with Gasteiger partial charge in [-0.3, -0.25) is 4.79 Å². The van der Waals surface area contributed by atoms with Gasteiger partial charge in [0, 0.05) is 12.0 Å². The minimum atomic E-state index is -0.135. The summed E-state index contributed by atoms with van der Waals surface area (Å²) in [6, 6.07) is 9.04. The van der Waals surface area contributed by atoms with Crippen LogP contribution in [0.5, 0.6) is 0 Å². The standard InChI is InChI=1S/C15H14ClNO2/c16-12-5-2-1-4-10(12)15(18)17-13-6-3-7-14-11(13)8-9-19-14/h1-2,4-5,8-9,13H,3,6-7H2,(H,17,18). The molecule has 1 N–H and O–H groups in total. The fourth-order valence-corrected chi connectivity index (χ4v) is 2.74. The summed E-state index contributed by atoms with van der Waals surface area (Å²) in [4.78, 5) is 12.2. The Bertz CT molecular complexity index is 606. The van der Waals surface area contributed by atoms with E-state index >= 15 is 0 Å². The smallest absolute Gasteiger partial charge is 0.253 e. The Balaban J connectivity index is 1.80. The summed E-state index contributed by atoms with van der Waals surface area (Å²) in [5.41, 5.74) is 1.60. The summed E-state index contributed by atoms with van der Waals surface area (Å²) >= 11 is 6.04. The molecule has 1 aliphatic rings. The summed E-state index contributed by atoms with van der Waals surface area (Å²) in [6.45, 7) is 0. The Labute approximate surface area is 116 Å². The third-order valence-electron chi connectivity index (χ3n) is 3.48. The molecule has 1 atom stereocenters. The highest BCUT2D eigenvalue weighted by Gasteiger charge is 2.24. The molecule has 1 aromatic heterocycles. The van der Waals surface area contributed by atoms with Crippen LogP contribution in [0.2, 0.25) is 5.02 Å². The number of carbonyl (C=O) groups excluding carboxylic acids is 1. The number of carbonyl (C=O) groups is 1. The van der Waals surface area contributed by atoms with E-state index < -0.39 is 0 Å². The fourth-order valence-electron chi connectivity index (χ4n) is 2.52. The van der Waals surface area contributed by atoms with Gasteiger partial charge in [0.1, 0.15) is 5.76 Å². The van der Waals surface area contributed by atoms with Crippen molar-refractivity contribution >= 4 is 17.5 Å². The first-order chi connectivity index (χ1) is 9.25. The van der Waals surface area contributed by atoms with Crippen LogP contribution in [0, 0.1) is 0 Å². The molecule has 98 valence electrons. The van der Waals surface area contributed by atoms with Crippen LogP contribution < -0.4 is 5.32 Å². The predicted molar refractivity (Wildman–Crippen MR) is 73.3 cm³/mol. The van der Waals surface area contributed by atoms with Crippen molar-refractivity contribution in [1.82, 2.24) is 5.32 Å². The van der Waals surface area contributed by atoms with E-state index in [1.54, 1.807) is 18.4 Å². The number of fused-ring (bicyclic) bond motifs is 1. The zero-order valence-electron chi connectivity index (χ0n) is 10.4. The monoisotopic (exact) mass is 275 g/mol. The molecule has 0 radical (unpaired) electrons. The lowest BCUT2D eigenvalue weighted by molar-refractivity contribution is 0.0932. The number of aryl methyl sites for hydroxylation is 1. The molecule has 3 nitrogen and oxygen atoms in total. The average molecular weight is 276 g/mol. The highest BCUT2D eigenvalue weighted by atomic mass is 35.5. The summed E-state index contributed by atoms with van der Waals surface area (Å²) in [7, 11) is 0. The van der Waals surface area contributed by atoms with Crippen LogP contribution in [0.3, 0.4) is 0 Å². The van der Waals surface area contributed by atoms with E-state index in [0.717, 1.165) is 30.6 Å². The molecule has 1 unspecified atom stereocenters. The number of benzene rings is 1. The van der Waals surface area contributed by atoms with E-state index in [1.807, 2.05) is 18.2 Å². The van der Waals surface area contributed by atoms with Gasteiger partial charge in [0.25, 0.3) is 5.91 Å². The Morgan fingerprint density at radius 2 is 2.16 bits per heavy atom. The molecule has 1 aromatic carbocycles. The minimum absolute atomic E-state index is 0.0197. The van der Waals surface area contributed by atoms with E-state index in [-0.39, 0.29) is 11.9 Å². The molecule has 0 fully saturated rings. The SMILES string of the molecule is O=C(NC1CCCc2occc21)c1ccccc1Cl. The number of rotatable bonds is 2. The Morgan fingerprint density at radius 3 is 3.00 bits per heavy atom. The van der Waals surface area contributed by atoms with E-state index in [2.05, 4.69) is 5.32 Å². The molecule has 2 aromatic rings. The van der Waals surface area contributed by atoms with Gasteiger partial charge in [-0.25, -0.2) is 0 Å². The number of hydrogen-bond donors (Lipinski definition) is 1. The topological polar surface area (TPSA) is 42.2 Å². The summed E-state index contributed by atoms with van der Waals surface area (Å²) in [6.07, 6.45) is 4.59. The van der Waals surface area contributed by atoms with Gasteiger partial charge in [-0.15, -0.1) is 0 Å². The molecule has 0 saturated carbocycles. The van der Waals surface area contributed by atoms with Crippen molar-refractivity contribution in [3.63, 3.8) is 0 Å². The van der Waals surface area contributed by atoms with Gasteiger partial charge >= 0.3 is 0 Å². The second kappa shape index (κ2) is 5.10. The first-order valence-corrected chi connectivity index (χ1v) is 6.75. The molecule has 0 saturated heterocycles. The maximum atomic E-state index is 12.2. The third-order valence-corrected chi connectivity index (χ3v) is 3.81. The molecule has 19 heavy (non-hydrogen) atoms. The zero-order valence-corrected chi connectivity index (χ0v) is 11.1. The van der Waals surface area contributed by atoms with Crippen LogP contribution in [0.15, 0.2) is 41.0 Å². The third kappa shape index (κ3) is 2.38. The van der Waals surface area contributed by atoms with Crippen molar-refractivity contribution < 1.29 is 9.21 Å². The minimum Gasteiger partial charge on any atom is -0.469 e. The fraction of sp³-hybridized carbons (Fsp3) is 0.267. The lowest BCUT2D eigenvalue weighted by atomic mass is 9.93. The molecule has 1 amide bonds. The van der Waals surface area contributed by atoms with Gasteiger partial charge in [0.05, 0.1) is 22.9 Å². The van der Waals surface area contributed by atoms with Crippen LogP contribution in [0.4, 0.5) is 0 Å². The molecule has 3 rings (SSSR count). The molecule has 1 heterocycles. The normalized spacial score (nSPS) is 17.8. The number of halogens is 1. The van der Waals surface area contributed by atoms with Gasteiger partial charge in [-0.05, 0) is 31.0 Å². The van der Waals surface area contributed by atoms with Crippen molar-refractivity contribution in [2.24, 2.45) is 0 Å². The van der Waals surface area contributed by atoms with E-state index in [4.69, 9.17) is 16.0 Å². The van der Waals surface area contributed by atoms with Crippen LogP contribution >= 0.6 is 11.6 Å². The number of hydrogen-bond acceptors (Lipinski definition) is 2. The van der Waals surface area contributed by atoms with Crippen molar-refractivity contribution in [3.05, 3.63) is 58.5 Å². The molecular weight excluding hydrogens is 262 g/mol. The second-order valence-corrected chi connectivity index (χ2v) is 5.10. The molecule has 1 aliphatic carbocycles. The number of furan rings is 1. The maximum Gasteiger partial charge on any atom is 0.253 e. The summed E-state index contributed by atoms with van der Waals surface area (Å²) in [5.74, 6) is 0.848. The van der Waals surface area contributed by atoms with Gasteiger partial charge in [-0.1, -0.05) is 23.7 Å². The van der Waals surface area contributed by atoms with Crippen molar-refractivity contribution in [2.45, 2.75) is 25.3 Å². The average Bonchev–Trinajstić information content (AvgIpc) is 2.88. The first-order valence-electron chi connectivity index (χ1n) is 6.37. The van der Waals surface area contributed by atoms with Crippen LogP contribution in [-0.2, 0) is 6.42 Å². The second-order valence-electron chi connectivity index (χ2n) is 4.70. The van der Waals surface area contributed by atoms with Gasteiger partial charge in [0.2, 0.25) is 0 Å². The van der Waals surface area contributed by atoms with Crippen molar-refractivity contribution in [3.8, 4) is 0 Å². The highest BCUT2D eigenvalue weighted by molar-refractivity contribution is 6.33. The van der Waals surface area contributed by atoms with Crippen LogP contribution in [-0.4, -0.2) is 5.91 Å². The zero-order chi connectivity index (χ0) is 13.2. The summed E-state index contributed by atoms with van der Waals surface area (Å²) in [5, 5.41) is 3.51. The molecule has 0 spiro atoms. The number of nitrogens with one attached hydrogen (secondary N) is 1. The van der Waals surface area contributed by atoms with Crippen molar-refractivity contribution in [2.75, 3.05) is 0 Å². The molecular formula is C15H14ClNO2. The van der Waals surface area contributed by atoms with Gasteiger partial charge in [-0.2, -0.15) is 0 Å². The lowest BCUT2D eigenvalue weighted by Crippen LogP contribution is -2.30. The Kier molecular flexibility index (Phi) is 3.30. The quantitative estimate of drug-likeness (QED) is 0.907. The highest BCUT2D eigenvalue weighted by Crippen LogP contribution is 2.30. The van der Waals surface area contributed by atoms with Crippen LogP contribution in [0.25, 0.3) is 0 Å². The molecule has 0 aliphatic heterocycles. The summed E-state index contributed by atoms with van der Waals surface area (Å²) < 4.78 is 5.42. The van der Waals surface area contributed by atoms with E-state index in [1.165, 1.54) is 0 Å². The Hall–Kier alpha value is -1.74. The van der Waals surface area contributed by atoms with E-state index in [0.29, 0.717) is 10.6 Å². The van der Waals surface area contributed by atoms with Gasteiger partial charge in [0.15, 0.2) is 0 Å². The first kappa shape index (κ1) is 12.3. The Morgan fingerprint density at radius 1 is 1.32 bits per heavy atom. The maximum absolute atomic E-state index is 12.2.